The van der Waals surface area contributed by atoms with Gasteiger partial charge in [-0.25, -0.2) is 14.8 Å². The maximum atomic E-state index is 11.9. The number of aromatic amines is 1. The van der Waals surface area contributed by atoms with E-state index in [0.717, 1.165) is 19.3 Å². The quantitative estimate of drug-likeness (QED) is 0.248. The van der Waals surface area contributed by atoms with Crippen molar-refractivity contribution in [3.05, 3.63) is 6.33 Å². The SMILES string of the molecule is CCCCCNC(=O)N(O)c1nc(SC)nc2nc[nH]c12. The summed E-state index contributed by atoms with van der Waals surface area (Å²) in [4.78, 5) is 27.1. The predicted molar refractivity (Wildman–Crippen MR) is 80.7 cm³/mol. The maximum absolute atomic E-state index is 11.9. The van der Waals surface area contributed by atoms with Crippen LogP contribution in [0.3, 0.4) is 0 Å². The van der Waals surface area contributed by atoms with E-state index in [1.807, 2.05) is 6.26 Å². The van der Waals surface area contributed by atoms with Crippen LogP contribution in [0.15, 0.2) is 11.5 Å². The number of nitrogens with zero attached hydrogens (tertiary/aromatic N) is 4. The first-order valence-corrected chi connectivity index (χ1v) is 7.91. The zero-order valence-electron chi connectivity index (χ0n) is 12.0. The average molecular weight is 310 g/mol. The highest BCUT2D eigenvalue weighted by molar-refractivity contribution is 7.98. The van der Waals surface area contributed by atoms with Crippen LogP contribution in [0.2, 0.25) is 0 Å². The molecule has 2 heterocycles. The Hall–Kier alpha value is -1.87. The number of nitrogens with one attached hydrogen (secondary N) is 2. The summed E-state index contributed by atoms with van der Waals surface area (Å²) in [7, 11) is 0. The highest BCUT2D eigenvalue weighted by Crippen LogP contribution is 2.23. The lowest BCUT2D eigenvalue weighted by atomic mass is 10.2. The van der Waals surface area contributed by atoms with E-state index in [9.17, 15) is 10.0 Å². The third kappa shape index (κ3) is 3.61. The molecule has 2 aromatic heterocycles. The Kier molecular flexibility index (Phi) is 5.34. The molecule has 0 bridgehead atoms. The molecule has 21 heavy (non-hydrogen) atoms. The molecule has 0 radical (unpaired) electrons. The van der Waals surface area contributed by atoms with Gasteiger partial charge in [0.15, 0.2) is 16.6 Å². The van der Waals surface area contributed by atoms with Crippen molar-refractivity contribution in [1.29, 1.82) is 0 Å². The van der Waals surface area contributed by atoms with Crippen LogP contribution < -0.4 is 10.4 Å². The van der Waals surface area contributed by atoms with Gasteiger partial charge in [-0.2, -0.15) is 10.0 Å². The zero-order chi connectivity index (χ0) is 15.2. The molecule has 3 N–H and O–H groups in total. The number of H-pyrrole nitrogens is 1. The molecule has 8 nitrogen and oxygen atoms in total. The molecule has 0 saturated heterocycles. The minimum absolute atomic E-state index is 0.0924. The van der Waals surface area contributed by atoms with Gasteiger partial charge in [-0.15, -0.1) is 0 Å². The summed E-state index contributed by atoms with van der Waals surface area (Å²) in [5, 5.41) is 13.6. The normalized spacial score (nSPS) is 10.8. The van der Waals surface area contributed by atoms with Crippen LogP contribution in [-0.2, 0) is 0 Å². The van der Waals surface area contributed by atoms with Gasteiger partial charge in [-0.3, -0.25) is 5.21 Å². The first-order valence-electron chi connectivity index (χ1n) is 6.69. The Labute approximate surface area is 126 Å². The standard InChI is InChI=1S/C12H18N6O2S/c1-3-4-5-6-13-12(19)18(20)10-8-9(15-7-14-8)16-11(17-10)21-2/h7,20H,3-6H2,1-2H3,(H,13,19)(H,14,15,16,17). The molecule has 0 unspecified atom stereocenters. The Bertz CT molecular complexity index is 617. The van der Waals surface area contributed by atoms with Gasteiger partial charge in [0, 0.05) is 6.54 Å². The molecule has 2 amide bonds. The van der Waals surface area contributed by atoms with Crippen LogP contribution in [0, 0.1) is 0 Å². The van der Waals surface area contributed by atoms with E-state index in [-0.39, 0.29) is 5.82 Å². The van der Waals surface area contributed by atoms with Gasteiger partial charge in [0.05, 0.1) is 6.33 Å². The number of anilines is 1. The molecule has 9 heteroatoms. The summed E-state index contributed by atoms with van der Waals surface area (Å²) in [5.74, 6) is 0.0924. The predicted octanol–water partition coefficient (Wildman–Crippen LogP) is 2.17. The van der Waals surface area contributed by atoms with Gasteiger partial charge >= 0.3 is 6.03 Å². The fourth-order valence-corrected chi connectivity index (χ4v) is 2.14. The second-order valence-electron chi connectivity index (χ2n) is 4.39. The molecular weight excluding hydrogens is 292 g/mol. The lowest BCUT2D eigenvalue weighted by Gasteiger charge is -2.15. The molecule has 0 aliphatic heterocycles. The number of rotatable bonds is 6. The third-order valence-electron chi connectivity index (χ3n) is 2.88. The Morgan fingerprint density at radius 1 is 1.48 bits per heavy atom. The van der Waals surface area contributed by atoms with Gasteiger partial charge in [0.1, 0.15) is 5.52 Å². The summed E-state index contributed by atoms with van der Waals surface area (Å²) in [6.07, 6.45) is 6.22. The average Bonchev–Trinajstić information content (AvgIpc) is 2.97. The van der Waals surface area contributed by atoms with Crippen LogP contribution in [0.5, 0.6) is 0 Å². The van der Waals surface area contributed by atoms with Gasteiger partial charge < -0.3 is 10.3 Å². The van der Waals surface area contributed by atoms with Crippen molar-refractivity contribution in [3.63, 3.8) is 0 Å². The smallest absolute Gasteiger partial charge is 0.340 e. The summed E-state index contributed by atoms with van der Waals surface area (Å²) >= 11 is 1.31. The number of carbonyl (C=O) groups excluding carboxylic acids is 1. The van der Waals surface area contributed by atoms with Crippen molar-refractivity contribution in [2.75, 3.05) is 17.9 Å². The molecule has 0 aliphatic rings. The molecule has 0 saturated carbocycles. The van der Waals surface area contributed by atoms with Crippen molar-refractivity contribution < 1.29 is 10.0 Å². The van der Waals surface area contributed by atoms with Gasteiger partial charge in [0.25, 0.3) is 0 Å². The molecule has 114 valence electrons. The number of urea groups is 1. The number of hydroxylamine groups is 1. The second-order valence-corrected chi connectivity index (χ2v) is 5.16. The topological polar surface area (TPSA) is 107 Å². The number of thioether (sulfide) groups is 1. The van der Waals surface area contributed by atoms with Crippen LogP contribution in [-0.4, -0.2) is 44.0 Å². The fraction of sp³-hybridized carbons (Fsp3) is 0.500. The van der Waals surface area contributed by atoms with Crippen molar-refractivity contribution in [2.24, 2.45) is 0 Å². The summed E-state index contributed by atoms with van der Waals surface area (Å²) in [5.41, 5.74) is 0.821. The van der Waals surface area contributed by atoms with Gasteiger partial charge in [-0.05, 0) is 12.7 Å². The van der Waals surface area contributed by atoms with Crippen molar-refractivity contribution >= 4 is 34.8 Å². The molecule has 0 aliphatic carbocycles. The van der Waals surface area contributed by atoms with E-state index in [4.69, 9.17) is 0 Å². The van der Waals surface area contributed by atoms with E-state index in [2.05, 4.69) is 32.2 Å². The third-order valence-corrected chi connectivity index (χ3v) is 3.43. The largest absolute Gasteiger partial charge is 0.347 e. The molecule has 0 fully saturated rings. The summed E-state index contributed by atoms with van der Waals surface area (Å²) in [6.45, 7) is 2.59. The highest BCUT2D eigenvalue weighted by atomic mass is 32.2. The number of aromatic nitrogens is 4. The molecule has 2 rings (SSSR count). The van der Waals surface area contributed by atoms with E-state index in [1.54, 1.807) is 0 Å². The number of carbonyl (C=O) groups is 1. The minimum atomic E-state index is -0.618. The number of unbranched alkanes of at least 4 members (excludes halogenated alkanes) is 2. The molecule has 0 atom stereocenters. The van der Waals surface area contributed by atoms with E-state index >= 15 is 0 Å². The molecular formula is C12H18N6O2S. The van der Waals surface area contributed by atoms with Crippen molar-refractivity contribution in [3.8, 4) is 0 Å². The van der Waals surface area contributed by atoms with Gasteiger partial charge in [-0.1, -0.05) is 31.5 Å². The van der Waals surface area contributed by atoms with Crippen molar-refractivity contribution in [2.45, 2.75) is 31.3 Å². The molecule has 0 aromatic carbocycles. The molecule has 0 spiro atoms. The second kappa shape index (κ2) is 7.23. The molecule has 2 aromatic rings. The van der Waals surface area contributed by atoms with E-state index in [1.165, 1.54) is 18.1 Å². The number of amides is 2. The van der Waals surface area contributed by atoms with Crippen molar-refractivity contribution in [1.82, 2.24) is 25.3 Å². The Morgan fingerprint density at radius 3 is 3.00 bits per heavy atom. The van der Waals surface area contributed by atoms with Crippen LogP contribution in [0.25, 0.3) is 11.2 Å². The first kappa shape index (κ1) is 15.5. The number of hydrogen-bond acceptors (Lipinski definition) is 6. The van der Waals surface area contributed by atoms with E-state index < -0.39 is 6.03 Å². The Morgan fingerprint density at radius 2 is 2.29 bits per heavy atom. The fourth-order valence-electron chi connectivity index (χ4n) is 1.78. The van der Waals surface area contributed by atoms with Crippen LogP contribution in [0.4, 0.5) is 10.6 Å². The zero-order valence-corrected chi connectivity index (χ0v) is 12.8. The Balaban J connectivity index is 2.16. The number of hydrogen-bond donors (Lipinski definition) is 3. The lowest BCUT2D eigenvalue weighted by molar-refractivity contribution is 0.203. The highest BCUT2D eigenvalue weighted by Gasteiger charge is 2.20. The maximum Gasteiger partial charge on any atom is 0.347 e. The van der Waals surface area contributed by atoms with Crippen LogP contribution in [0.1, 0.15) is 26.2 Å². The monoisotopic (exact) mass is 310 g/mol. The summed E-state index contributed by atoms with van der Waals surface area (Å²) < 4.78 is 0. The van der Waals surface area contributed by atoms with Crippen LogP contribution >= 0.6 is 11.8 Å². The van der Waals surface area contributed by atoms with E-state index in [0.29, 0.717) is 27.9 Å². The minimum Gasteiger partial charge on any atom is -0.340 e. The lowest BCUT2D eigenvalue weighted by Crippen LogP contribution is -2.39. The number of imidazole rings is 1. The van der Waals surface area contributed by atoms with Gasteiger partial charge in [0.2, 0.25) is 0 Å². The number of fused-ring (bicyclic) bond motifs is 1. The first-order chi connectivity index (χ1) is 10.2. The summed E-state index contributed by atoms with van der Waals surface area (Å²) in [6, 6.07) is -0.618.